The Balaban J connectivity index is 2.30. The van der Waals surface area contributed by atoms with Gasteiger partial charge in [-0.2, -0.15) is 5.10 Å². The largest absolute Gasteiger partial charge is 0.389 e. The van der Waals surface area contributed by atoms with Crippen LogP contribution in [0.3, 0.4) is 0 Å². The van der Waals surface area contributed by atoms with E-state index < -0.39 is 5.60 Å². The van der Waals surface area contributed by atoms with Gasteiger partial charge in [0.1, 0.15) is 0 Å². The molecule has 0 aliphatic carbocycles. The van der Waals surface area contributed by atoms with E-state index >= 15 is 0 Å². The fourth-order valence-corrected chi connectivity index (χ4v) is 1.66. The molecule has 1 atom stereocenters. The topological polar surface area (TPSA) is 50.1 Å². The van der Waals surface area contributed by atoms with E-state index in [1.807, 2.05) is 24.7 Å². The first kappa shape index (κ1) is 12.2. The Morgan fingerprint density at radius 3 is 2.87 bits per heavy atom. The van der Waals surface area contributed by atoms with Gasteiger partial charge in [0, 0.05) is 26.3 Å². The number of aromatic nitrogens is 2. The monoisotopic (exact) mass is 211 g/mol. The van der Waals surface area contributed by atoms with Gasteiger partial charge in [-0.1, -0.05) is 13.3 Å². The summed E-state index contributed by atoms with van der Waals surface area (Å²) < 4.78 is 1.83. The van der Waals surface area contributed by atoms with Gasteiger partial charge in [0.25, 0.3) is 0 Å². The minimum Gasteiger partial charge on any atom is -0.389 e. The summed E-state index contributed by atoms with van der Waals surface area (Å²) in [5.74, 6) is 0. The standard InChI is InChI=1S/C11H21N3O/c1-4-6-11(2,15)9-12-8-10-5-7-13-14(10)3/h5,7,12,15H,4,6,8-9H2,1-3H3. The van der Waals surface area contributed by atoms with E-state index in [4.69, 9.17) is 0 Å². The molecule has 0 radical (unpaired) electrons. The summed E-state index contributed by atoms with van der Waals surface area (Å²) >= 11 is 0. The molecule has 0 spiro atoms. The van der Waals surface area contributed by atoms with Crippen LogP contribution in [0.2, 0.25) is 0 Å². The zero-order valence-corrected chi connectivity index (χ0v) is 9.82. The minimum atomic E-state index is -0.604. The molecule has 4 nitrogen and oxygen atoms in total. The molecule has 0 aromatic carbocycles. The summed E-state index contributed by atoms with van der Waals surface area (Å²) in [6.45, 7) is 5.31. The third-order valence-corrected chi connectivity index (χ3v) is 2.52. The first-order valence-electron chi connectivity index (χ1n) is 5.45. The molecule has 1 aromatic heterocycles. The minimum absolute atomic E-state index is 0.604. The Hall–Kier alpha value is -0.870. The second-order valence-electron chi connectivity index (χ2n) is 4.30. The van der Waals surface area contributed by atoms with Gasteiger partial charge in [0.05, 0.1) is 11.3 Å². The lowest BCUT2D eigenvalue weighted by atomic mass is 10.0. The highest BCUT2D eigenvalue weighted by Gasteiger charge is 2.18. The molecule has 2 N–H and O–H groups in total. The average Bonchev–Trinajstić information content (AvgIpc) is 2.51. The van der Waals surface area contributed by atoms with Crippen molar-refractivity contribution in [2.45, 2.75) is 38.8 Å². The fourth-order valence-electron chi connectivity index (χ4n) is 1.66. The van der Waals surface area contributed by atoms with Crippen LogP contribution in [-0.4, -0.2) is 27.0 Å². The molecule has 15 heavy (non-hydrogen) atoms. The number of aliphatic hydroxyl groups is 1. The number of nitrogens with zero attached hydrogens (tertiary/aromatic N) is 2. The third-order valence-electron chi connectivity index (χ3n) is 2.52. The third kappa shape index (κ3) is 4.01. The van der Waals surface area contributed by atoms with Gasteiger partial charge >= 0.3 is 0 Å². The van der Waals surface area contributed by atoms with E-state index in [0.29, 0.717) is 6.54 Å². The molecule has 0 saturated heterocycles. The van der Waals surface area contributed by atoms with Crippen LogP contribution >= 0.6 is 0 Å². The maximum absolute atomic E-state index is 9.93. The Morgan fingerprint density at radius 1 is 1.60 bits per heavy atom. The highest BCUT2D eigenvalue weighted by molar-refractivity contribution is 4.99. The molecule has 1 aromatic rings. The van der Waals surface area contributed by atoms with E-state index in [1.54, 1.807) is 6.20 Å². The highest BCUT2D eigenvalue weighted by atomic mass is 16.3. The van der Waals surface area contributed by atoms with Crippen LogP contribution in [0.4, 0.5) is 0 Å². The highest BCUT2D eigenvalue weighted by Crippen LogP contribution is 2.10. The Morgan fingerprint density at radius 2 is 2.33 bits per heavy atom. The summed E-state index contributed by atoms with van der Waals surface area (Å²) in [6.07, 6.45) is 3.60. The van der Waals surface area contributed by atoms with Crippen molar-refractivity contribution in [1.29, 1.82) is 0 Å². The van der Waals surface area contributed by atoms with Gasteiger partial charge in [-0.3, -0.25) is 4.68 Å². The van der Waals surface area contributed by atoms with E-state index in [9.17, 15) is 5.11 Å². The summed E-state index contributed by atoms with van der Waals surface area (Å²) in [6, 6.07) is 1.97. The zero-order chi connectivity index (χ0) is 11.3. The average molecular weight is 211 g/mol. The lowest BCUT2D eigenvalue weighted by molar-refractivity contribution is 0.0496. The SMILES string of the molecule is CCCC(C)(O)CNCc1ccnn1C. The zero-order valence-electron chi connectivity index (χ0n) is 9.82. The molecule has 0 bridgehead atoms. The number of rotatable bonds is 6. The smallest absolute Gasteiger partial charge is 0.0743 e. The van der Waals surface area contributed by atoms with Gasteiger partial charge in [-0.05, 0) is 19.4 Å². The van der Waals surface area contributed by atoms with Gasteiger partial charge in [0.2, 0.25) is 0 Å². The molecule has 4 heteroatoms. The molecule has 1 rings (SSSR count). The Labute approximate surface area is 91.3 Å². The van der Waals surface area contributed by atoms with Crippen molar-refractivity contribution < 1.29 is 5.11 Å². The van der Waals surface area contributed by atoms with Crippen LogP contribution in [0.1, 0.15) is 32.4 Å². The molecular weight excluding hydrogens is 190 g/mol. The normalized spacial score (nSPS) is 15.2. The second-order valence-corrected chi connectivity index (χ2v) is 4.30. The number of hydrogen-bond donors (Lipinski definition) is 2. The molecule has 86 valence electrons. The van der Waals surface area contributed by atoms with Crippen LogP contribution < -0.4 is 5.32 Å². The molecule has 0 amide bonds. The van der Waals surface area contributed by atoms with Crippen molar-refractivity contribution in [2.75, 3.05) is 6.54 Å². The Bertz CT molecular complexity index is 294. The maximum Gasteiger partial charge on any atom is 0.0743 e. The van der Waals surface area contributed by atoms with E-state index in [1.165, 1.54) is 0 Å². The number of aryl methyl sites for hydroxylation is 1. The summed E-state index contributed by atoms with van der Waals surface area (Å²) in [5.41, 5.74) is 0.523. The van der Waals surface area contributed by atoms with E-state index in [0.717, 1.165) is 25.1 Å². The summed E-state index contributed by atoms with van der Waals surface area (Å²) in [4.78, 5) is 0. The Kier molecular flexibility index (Phi) is 4.29. The van der Waals surface area contributed by atoms with Crippen molar-refractivity contribution >= 4 is 0 Å². The van der Waals surface area contributed by atoms with Crippen molar-refractivity contribution in [3.63, 3.8) is 0 Å². The predicted octanol–water partition coefficient (Wildman–Crippen LogP) is 1.06. The van der Waals surface area contributed by atoms with Gasteiger partial charge < -0.3 is 10.4 Å². The summed E-state index contributed by atoms with van der Waals surface area (Å²) in [5, 5.41) is 17.3. The molecule has 0 aliphatic rings. The molecule has 1 unspecified atom stereocenters. The first-order chi connectivity index (χ1) is 7.05. The van der Waals surface area contributed by atoms with Gasteiger partial charge in [0.15, 0.2) is 0 Å². The van der Waals surface area contributed by atoms with Crippen molar-refractivity contribution in [2.24, 2.45) is 7.05 Å². The molecule has 0 fully saturated rings. The molecule has 0 saturated carbocycles. The van der Waals surface area contributed by atoms with Crippen LogP contribution in [0.5, 0.6) is 0 Å². The van der Waals surface area contributed by atoms with Crippen molar-refractivity contribution in [3.8, 4) is 0 Å². The first-order valence-corrected chi connectivity index (χ1v) is 5.45. The van der Waals surface area contributed by atoms with Gasteiger partial charge in [-0.25, -0.2) is 0 Å². The summed E-state index contributed by atoms with van der Waals surface area (Å²) in [7, 11) is 1.92. The van der Waals surface area contributed by atoms with E-state index in [-0.39, 0.29) is 0 Å². The molecule has 1 heterocycles. The van der Waals surface area contributed by atoms with Crippen LogP contribution in [0.25, 0.3) is 0 Å². The molecule has 0 aliphatic heterocycles. The number of hydrogen-bond acceptors (Lipinski definition) is 3. The van der Waals surface area contributed by atoms with Crippen LogP contribution in [0.15, 0.2) is 12.3 Å². The fraction of sp³-hybridized carbons (Fsp3) is 0.727. The number of nitrogens with one attached hydrogen (secondary N) is 1. The van der Waals surface area contributed by atoms with Crippen LogP contribution in [0, 0.1) is 0 Å². The molecular formula is C11H21N3O. The lowest BCUT2D eigenvalue weighted by Crippen LogP contribution is -2.37. The van der Waals surface area contributed by atoms with Gasteiger partial charge in [-0.15, -0.1) is 0 Å². The van der Waals surface area contributed by atoms with Crippen molar-refractivity contribution in [1.82, 2.24) is 15.1 Å². The van der Waals surface area contributed by atoms with Crippen molar-refractivity contribution in [3.05, 3.63) is 18.0 Å². The predicted molar refractivity (Wildman–Crippen MR) is 60.4 cm³/mol. The lowest BCUT2D eigenvalue weighted by Gasteiger charge is -2.22. The maximum atomic E-state index is 9.93. The van der Waals surface area contributed by atoms with E-state index in [2.05, 4.69) is 17.3 Å². The second kappa shape index (κ2) is 5.28. The van der Waals surface area contributed by atoms with Crippen LogP contribution in [-0.2, 0) is 13.6 Å². The quantitative estimate of drug-likeness (QED) is 0.740.